The molecule has 0 saturated carbocycles. The van der Waals surface area contributed by atoms with Crippen LogP contribution in [0, 0.1) is 6.07 Å². The molecule has 53 heavy (non-hydrogen) atoms. The molecule has 267 valence electrons. The first-order valence-electron chi connectivity index (χ1n) is 17.4. The summed E-state index contributed by atoms with van der Waals surface area (Å²) < 4.78 is 7.69. The Morgan fingerprint density at radius 1 is 0.906 bits per heavy atom. The number of nitrogens with zero attached hydrogens (tertiary/aromatic N) is 7. The zero-order valence-corrected chi connectivity index (χ0v) is 28.5. The van der Waals surface area contributed by atoms with Crippen LogP contribution in [0.25, 0.3) is 22.3 Å². The van der Waals surface area contributed by atoms with Crippen LogP contribution in [0.4, 0.5) is 11.5 Å². The van der Waals surface area contributed by atoms with Gasteiger partial charge in [0.1, 0.15) is 35.4 Å². The molecular weight excluding hydrogens is 678 g/mol. The summed E-state index contributed by atoms with van der Waals surface area (Å²) in [5, 5.41) is 7.68. The minimum absolute atomic E-state index is 0.0167. The molecule has 1 unspecified atom stereocenters. The summed E-state index contributed by atoms with van der Waals surface area (Å²) in [7, 11) is 0. The number of piperazine rings is 1. The number of hydrogen-bond donors (Lipinski definition) is 2. The molecule has 3 aliphatic heterocycles. The molecule has 15 nitrogen and oxygen atoms in total. The molecule has 0 bridgehead atoms. The summed E-state index contributed by atoms with van der Waals surface area (Å²) in [5.74, 6) is -0.508. The summed E-state index contributed by atoms with van der Waals surface area (Å²) in [5.41, 5.74) is 9.26. The molecule has 0 aliphatic carbocycles. The van der Waals surface area contributed by atoms with Crippen molar-refractivity contribution in [2.24, 2.45) is 0 Å². The first-order chi connectivity index (χ1) is 25.7. The summed E-state index contributed by atoms with van der Waals surface area (Å²) >= 11 is 0. The molecule has 15 heteroatoms. The number of nitrogens with two attached hydrogens (primary N) is 1. The molecule has 2 fully saturated rings. The third kappa shape index (κ3) is 6.41. The van der Waals surface area contributed by atoms with Gasteiger partial charge in [-0.25, -0.2) is 14.6 Å². The molecule has 3 aliphatic rings. The van der Waals surface area contributed by atoms with E-state index >= 15 is 0 Å². The lowest BCUT2D eigenvalue weighted by atomic mass is 10.0. The molecule has 3 N–H and O–H groups in total. The first-order valence-corrected chi connectivity index (χ1v) is 17.4. The van der Waals surface area contributed by atoms with Gasteiger partial charge >= 0.3 is 0 Å². The average Bonchev–Trinajstić information content (AvgIpc) is 3.67. The zero-order chi connectivity index (χ0) is 36.6. The van der Waals surface area contributed by atoms with Gasteiger partial charge in [0.15, 0.2) is 5.65 Å². The topological polar surface area (TPSA) is 186 Å². The highest BCUT2D eigenvalue weighted by Crippen LogP contribution is 2.33. The van der Waals surface area contributed by atoms with Crippen molar-refractivity contribution in [1.82, 2.24) is 34.9 Å². The van der Waals surface area contributed by atoms with Crippen molar-refractivity contribution in [1.29, 1.82) is 0 Å². The molecule has 5 heterocycles. The lowest BCUT2D eigenvalue weighted by Gasteiger charge is -2.36. The number of hydrogen-bond acceptors (Lipinski definition) is 11. The quantitative estimate of drug-likeness (QED) is 0.214. The molecular formula is C38H34N9O6. The maximum Gasteiger partial charge on any atom is 0.263 e. The van der Waals surface area contributed by atoms with Crippen molar-refractivity contribution in [3.63, 3.8) is 0 Å². The van der Waals surface area contributed by atoms with Crippen molar-refractivity contribution < 1.29 is 28.7 Å². The molecule has 8 rings (SSSR count). The van der Waals surface area contributed by atoms with E-state index in [0.717, 1.165) is 16.2 Å². The fraction of sp³-hybridized carbons (Fsp3) is 0.263. The van der Waals surface area contributed by atoms with Crippen LogP contribution in [0.1, 0.15) is 46.4 Å². The number of aromatic nitrogens is 4. The van der Waals surface area contributed by atoms with E-state index in [0.29, 0.717) is 79.5 Å². The van der Waals surface area contributed by atoms with Crippen LogP contribution >= 0.6 is 0 Å². The van der Waals surface area contributed by atoms with E-state index in [-0.39, 0.29) is 29.9 Å². The predicted octanol–water partition coefficient (Wildman–Crippen LogP) is 3.20. The number of piperidine rings is 1. The van der Waals surface area contributed by atoms with Gasteiger partial charge in [-0.1, -0.05) is 18.2 Å². The number of rotatable bonds is 9. The largest absolute Gasteiger partial charge is 0.457 e. The van der Waals surface area contributed by atoms with E-state index in [1.807, 2.05) is 64.4 Å². The van der Waals surface area contributed by atoms with Crippen LogP contribution < -0.4 is 20.7 Å². The van der Waals surface area contributed by atoms with Crippen LogP contribution in [0.3, 0.4) is 0 Å². The molecule has 5 aromatic rings. The Labute approximate surface area is 303 Å². The zero-order valence-electron chi connectivity index (χ0n) is 28.5. The number of benzene rings is 3. The second-order valence-electron chi connectivity index (χ2n) is 13.0. The van der Waals surface area contributed by atoms with Crippen molar-refractivity contribution >= 4 is 52.1 Å². The standard InChI is InChI=1S/C38H34N9O6/c39-34-32-33(23-8-11-26(12-9-23)53-25-5-2-1-3-6-25)43-46(35(32)41-22-40-34)16-4-7-31(49)45-19-17-44(18-20-45)24-10-13-27-28(21-24)38(52)47(37(27)51)29-14-15-30(48)42-36(29)50/h1-3,5-6,8-13,22,29H,4,7,14-20H2,(H2,39,40,41)(H,42,48,50). The van der Waals surface area contributed by atoms with Crippen LogP contribution in [-0.4, -0.2) is 91.3 Å². The molecule has 2 saturated heterocycles. The number of nitrogens with one attached hydrogen (secondary N) is 1. The van der Waals surface area contributed by atoms with E-state index in [4.69, 9.17) is 15.6 Å². The third-order valence-corrected chi connectivity index (χ3v) is 9.73. The number of anilines is 2. The minimum Gasteiger partial charge on any atom is -0.457 e. The monoisotopic (exact) mass is 712 g/mol. The van der Waals surface area contributed by atoms with Crippen LogP contribution in [0.2, 0.25) is 0 Å². The van der Waals surface area contributed by atoms with Gasteiger partial charge in [0.05, 0.1) is 16.5 Å². The third-order valence-electron chi connectivity index (χ3n) is 9.73. The van der Waals surface area contributed by atoms with Crippen molar-refractivity contribution in [3.8, 4) is 22.8 Å². The van der Waals surface area contributed by atoms with Gasteiger partial charge in [-0.2, -0.15) is 5.10 Å². The average molecular weight is 713 g/mol. The van der Waals surface area contributed by atoms with Gasteiger partial charge in [0.25, 0.3) is 11.8 Å². The summed E-state index contributed by atoms with van der Waals surface area (Å²) in [6.07, 6.45) is 2.38. The number of imide groups is 2. The van der Waals surface area contributed by atoms with E-state index in [1.165, 1.54) is 6.33 Å². The number of nitrogen functional groups attached to an aromatic ring is 1. The number of para-hydroxylation sites is 1. The normalized spacial score (nSPS) is 17.4. The van der Waals surface area contributed by atoms with E-state index < -0.39 is 29.7 Å². The Morgan fingerprint density at radius 3 is 2.42 bits per heavy atom. The van der Waals surface area contributed by atoms with Crippen LogP contribution in [-0.2, 0) is 20.9 Å². The molecule has 0 spiro atoms. The highest BCUT2D eigenvalue weighted by atomic mass is 16.5. The summed E-state index contributed by atoms with van der Waals surface area (Å²) in [6, 6.07) is 22.4. The number of fused-ring (bicyclic) bond motifs is 2. The van der Waals surface area contributed by atoms with Gasteiger partial charge in [-0.05, 0) is 61.4 Å². The number of amides is 5. The molecule has 3 aromatic carbocycles. The van der Waals surface area contributed by atoms with Crippen molar-refractivity contribution in [2.75, 3.05) is 36.8 Å². The van der Waals surface area contributed by atoms with E-state index in [9.17, 15) is 24.0 Å². The number of carbonyl (C=O) groups is 5. The highest BCUT2D eigenvalue weighted by molar-refractivity contribution is 6.23. The fourth-order valence-electron chi connectivity index (χ4n) is 7.00. The number of carbonyl (C=O) groups excluding carboxylic acids is 5. The smallest absolute Gasteiger partial charge is 0.263 e. The summed E-state index contributed by atoms with van der Waals surface area (Å²) in [4.78, 5) is 77.0. The SMILES string of the molecule is Nc1ncnc2c1c(-c1ccc(Oc3ccccc3)cc1)nn2CCCC(=O)N1CCN(c2[c]c3c(cc2)C(=O)N(C2CCC(=O)NC2=O)C3=O)CC1. The second kappa shape index (κ2) is 13.8. The maximum absolute atomic E-state index is 13.3. The second-order valence-corrected chi connectivity index (χ2v) is 13.0. The Bertz CT molecular complexity index is 2270. The van der Waals surface area contributed by atoms with Gasteiger partial charge in [0, 0.05) is 62.9 Å². The number of aryl methyl sites for hydroxylation is 1. The lowest BCUT2D eigenvalue weighted by molar-refractivity contribution is -0.136. The Balaban J connectivity index is 0.877. The highest BCUT2D eigenvalue weighted by Gasteiger charge is 2.45. The van der Waals surface area contributed by atoms with Gasteiger partial charge < -0.3 is 20.3 Å². The minimum atomic E-state index is -1.04. The first kappa shape index (κ1) is 33.5. The van der Waals surface area contributed by atoms with Crippen molar-refractivity contribution in [3.05, 3.63) is 90.3 Å². The Hall–Kier alpha value is -6.64. The molecule has 5 amide bonds. The number of ether oxygens (including phenoxy) is 1. The Kier molecular flexibility index (Phi) is 8.74. The summed E-state index contributed by atoms with van der Waals surface area (Å²) in [6.45, 7) is 2.42. The lowest BCUT2D eigenvalue weighted by Crippen LogP contribution is -2.54. The Morgan fingerprint density at radius 2 is 1.66 bits per heavy atom. The van der Waals surface area contributed by atoms with Crippen LogP contribution in [0.5, 0.6) is 11.5 Å². The fourth-order valence-corrected chi connectivity index (χ4v) is 7.00. The predicted molar refractivity (Wildman–Crippen MR) is 192 cm³/mol. The maximum atomic E-state index is 13.3. The molecule has 2 aromatic heterocycles. The molecule has 1 atom stereocenters. The van der Waals surface area contributed by atoms with E-state index in [2.05, 4.69) is 21.4 Å². The van der Waals surface area contributed by atoms with Gasteiger partial charge in [0.2, 0.25) is 17.7 Å². The van der Waals surface area contributed by atoms with E-state index in [1.54, 1.807) is 16.8 Å². The van der Waals surface area contributed by atoms with Crippen LogP contribution in [0.15, 0.2) is 73.1 Å². The molecule has 1 radical (unpaired) electrons. The van der Waals surface area contributed by atoms with Gasteiger partial charge in [-0.15, -0.1) is 0 Å². The van der Waals surface area contributed by atoms with Crippen molar-refractivity contribution in [2.45, 2.75) is 38.3 Å². The van der Waals surface area contributed by atoms with Gasteiger partial charge in [-0.3, -0.25) is 34.2 Å².